The molecule has 0 unspecified atom stereocenters. The highest BCUT2D eigenvalue weighted by atomic mass is 79.9. The molecule has 0 aliphatic carbocycles. The van der Waals surface area contributed by atoms with Crippen LogP contribution in [0.25, 0.3) is 6.08 Å². The lowest BCUT2D eigenvalue weighted by atomic mass is 10.2. The Labute approximate surface area is 116 Å². The molecule has 0 aliphatic heterocycles. The van der Waals surface area contributed by atoms with Crippen LogP contribution in [0, 0.1) is 10.1 Å². The molecule has 0 aliphatic rings. The van der Waals surface area contributed by atoms with Crippen molar-refractivity contribution in [1.82, 2.24) is 0 Å². The molecule has 96 valence electrons. The molecule has 0 spiro atoms. The lowest BCUT2D eigenvalue weighted by Crippen LogP contribution is -1.96. The molecule has 1 aromatic heterocycles. The van der Waals surface area contributed by atoms with Crippen molar-refractivity contribution in [3.8, 4) is 0 Å². The molecule has 0 N–H and O–H groups in total. The summed E-state index contributed by atoms with van der Waals surface area (Å²) in [5.41, 5.74) is 0.837. The van der Waals surface area contributed by atoms with Crippen LogP contribution in [0.4, 0.5) is 5.88 Å². The van der Waals surface area contributed by atoms with Crippen LogP contribution in [0.15, 0.2) is 51.4 Å². The molecule has 0 radical (unpaired) electrons. The number of nitrogens with zero attached hydrogens (tertiary/aromatic N) is 1. The minimum Gasteiger partial charge on any atom is -0.397 e. The van der Waals surface area contributed by atoms with Crippen molar-refractivity contribution in [2.45, 2.75) is 0 Å². The summed E-state index contributed by atoms with van der Waals surface area (Å²) >= 11 is 3.14. The number of halogens is 1. The molecule has 0 atom stereocenters. The van der Waals surface area contributed by atoms with E-state index in [2.05, 4.69) is 15.9 Å². The monoisotopic (exact) mass is 321 g/mol. The first-order chi connectivity index (χ1) is 9.08. The summed E-state index contributed by atoms with van der Waals surface area (Å²) < 4.78 is 5.11. The fourth-order valence-electron chi connectivity index (χ4n) is 1.43. The number of carbonyl (C=O) groups is 1. The van der Waals surface area contributed by atoms with E-state index < -0.39 is 16.6 Å². The summed E-state index contributed by atoms with van der Waals surface area (Å²) in [6.45, 7) is 0. The van der Waals surface area contributed by atoms with Gasteiger partial charge in [-0.2, -0.15) is 0 Å². The first kappa shape index (κ1) is 13.2. The highest BCUT2D eigenvalue weighted by Crippen LogP contribution is 2.22. The van der Waals surface area contributed by atoms with Crippen LogP contribution in [0.2, 0.25) is 0 Å². The Balaban J connectivity index is 2.23. The average molecular weight is 322 g/mol. The van der Waals surface area contributed by atoms with E-state index in [4.69, 9.17) is 4.42 Å². The fraction of sp³-hybridized carbons (Fsp3) is 0. The van der Waals surface area contributed by atoms with Crippen molar-refractivity contribution in [1.29, 1.82) is 0 Å². The molecule has 19 heavy (non-hydrogen) atoms. The zero-order valence-corrected chi connectivity index (χ0v) is 11.2. The highest BCUT2D eigenvalue weighted by Gasteiger charge is 2.19. The van der Waals surface area contributed by atoms with Gasteiger partial charge >= 0.3 is 5.88 Å². The smallest absolute Gasteiger partial charge is 0.397 e. The lowest BCUT2D eigenvalue weighted by molar-refractivity contribution is -0.402. The predicted molar refractivity (Wildman–Crippen MR) is 73.0 cm³/mol. The normalized spacial score (nSPS) is 11.3. The molecule has 1 aromatic carbocycles. The Bertz CT molecular complexity index is 646. The van der Waals surface area contributed by atoms with Crippen LogP contribution in [0.5, 0.6) is 0 Å². The quantitative estimate of drug-likeness (QED) is 0.371. The second kappa shape index (κ2) is 5.62. The van der Waals surface area contributed by atoms with Crippen molar-refractivity contribution >= 4 is 33.7 Å². The van der Waals surface area contributed by atoms with Crippen LogP contribution < -0.4 is 0 Å². The second-order valence-corrected chi connectivity index (χ2v) is 4.48. The molecule has 2 aromatic rings. The van der Waals surface area contributed by atoms with Crippen molar-refractivity contribution in [2.75, 3.05) is 0 Å². The molecular weight excluding hydrogens is 314 g/mol. The largest absolute Gasteiger partial charge is 0.433 e. The zero-order chi connectivity index (χ0) is 13.8. The molecule has 6 heteroatoms. The molecular formula is C13H8BrNO4. The highest BCUT2D eigenvalue weighted by molar-refractivity contribution is 9.12. The van der Waals surface area contributed by atoms with E-state index in [0.717, 1.165) is 11.6 Å². The molecule has 0 amide bonds. The van der Waals surface area contributed by atoms with Crippen molar-refractivity contribution < 1.29 is 14.1 Å². The van der Waals surface area contributed by atoms with E-state index in [1.54, 1.807) is 6.08 Å². The number of furan rings is 1. The van der Waals surface area contributed by atoms with Gasteiger partial charge in [-0.15, -0.1) is 0 Å². The molecule has 2 rings (SSSR count). The molecule has 1 heterocycles. The summed E-state index contributed by atoms with van der Waals surface area (Å²) in [5, 5.41) is 10.5. The maximum Gasteiger partial charge on any atom is 0.433 e. The number of carbonyl (C=O) groups excluding carboxylic acids is 1. The summed E-state index contributed by atoms with van der Waals surface area (Å²) in [7, 11) is 0. The summed E-state index contributed by atoms with van der Waals surface area (Å²) in [4.78, 5) is 21.7. The van der Waals surface area contributed by atoms with E-state index in [9.17, 15) is 14.9 Å². The summed E-state index contributed by atoms with van der Waals surface area (Å²) in [5.74, 6) is -0.980. The summed E-state index contributed by atoms with van der Waals surface area (Å²) in [6.07, 6.45) is 1.62. The molecule has 5 nitrogen and oxygen atoms in total. The number of allylic oxidation sites excluding steroid dienone is 1. The van der Waals surface area contributed by atoms with Crippen molar-refractivity contribution in [3.63, 3.8) is 0 Å². The number of rotatable bonds is 4. The zero-order valence-electron chi connectivity index (χ0n) is 9.58. The van der Waals surface area contributed by atoms with Crippen LogP contribution in [0.1, 0.15) is 16.1 Å². The van der Waals surface area contributed by atoms with Gasteiger partial charge in [-0.1, -0.05) is 30.3 Å². The molecule has 0 fully saturated rings. The number of nitro groups is 1. The number of ketones is 1. The van der Waals surface area contributed by atoms with Crippen LogP contribution in [0.3, 0.4) is 0 Å². The predicted octanol–water partition coefficient (Wildman–Crippen LogP) is 3.81. The molecule has 0 saturated heterocycles. The van der Waals surface area contributed by atoms with Crippen molar-refractivity contribution in [2.24, 2.45) is 0 Å². The van der Waals surface area contributed by atoms with Gasteiger partial charge in [0.2, 0.25) is 5.78 Å². The average Bonchev–Trinajstić information content (AvgIpc) is 2.88. The van der Waals surface area contributed by atoms with E-state index >= 15 is 0 Å². The number of Topliss-reactive ketones (excluding diaryl/α,β-unsaturated/α-hetero) is 1. The summed E-state index contributed by atoms with van der Waals surface area (Å²) in [6, 6.07) is 11.6. The van der Waals surface area contributed by atoms with Gasteiger partial charge in [-0.25, -0.2) is 0 Å². The number of hydrogen-bond donors (Lipinski definition) is 0. The number of hydrogen-bond acceptors (Lipinski definition) is 4. The van der Waals surface area contributed by atoms with E-state index in [-0.39, 0.29) is 10.2 Å². The van der Waals surface area contributed by atoms with Crippen molar-refractivity contribution in [3.05, 3.63) is 68.4 Å². The standard InChI is InChI=1S/C13H8BrNO4/c14-10(8-9-4-2-1-3-5-9)13(16)11-6-7-12(19-11)15(17)18/h1-8H/b10-8+. The van der Waals surface area contributed by atoms with Gasteiger partial charge in [0.1, 0.15) is 4.92 Å². The minimum absolute atomic E-state index is 0.0780. The Morgan fingerprint density at radius 1 is 1.21 bits per heavy atom. The topological polar surface area (TPSA) is 73.3 Å². The second-order valence-electron chi connectivity index (χ2n) is 3.63. The minimum atomic E-state index is -0.689. The van der Waals surface area contributed by atoms with Gasteiger partial charge in [0, 0.05) is 0 Å². The number of benzene rings is 1. The van der Waals surface area contributed by atoms with Gasteiger partial charge < -0.3 is 4.42 Å². The maximum absolute atomic E-state index is 12.0. The first-order valence-electron chi connectivity index (χ1n) is 5.29. The van der Waals surface area contributed by atoms with Crippen LogP contribution in [-0.2, 0) is 0 Å². The van der Waals surface area contributed by atoms with Gasteiger partial charge in [-0.05, 0) is 33.6 Å². The Morgan fingerprint density at radius 2 is 1.89 bits per heavy atom. The third-order valence-corrected chi connectivity index (χ3v) is 2.89. The Hall–Kier alpha value is -2.21. The third-order valence-electron chi connectivity index (χ3n) is 2.31. The van der Waals surface area contributed by atoms with Gasteiger partial charge in [0.05, 0.1) is 10.5 Å². The van der Waals surface area contributed by atoms with Gasteiger partial charge in [-0.3, -0.25) is 14.9 Å². The van der Waals surface area contributed by atoms with Crippen LogP contribution in [-0.4, -0.2) is 10.7 Å². The maximum atomic E-state index is 12.0. The van der Waals surface area contributed by atoms with E-state index in [1.165, 1.54) is 6.07 Å². The third kappa shape index (κ3) is 3.17. The van der Waals surface area contributed by atoms with Gasteiger partial charge in [0.15, 0.2) is 5.76 Å². The Morgan fingerprint density at radius 3 is 2.47 bits per heavy atom. The van der Waals surface area contributed by atoms with E-state index in [1.807, 2.05) is 30.3 Å². The SMILES string of the molecule is O=C(/C(Br)=C\c1ccccc1)c1ccc([N+](=O)[O-])o1. The lowest BCUT2D eigenvalue weighted by Gasteiger charge is -1.96. The van der Waals surface area contributed by atoms with E-state index in [0.29, 0.717) is 0 Å². The molecule has 0 bridgehead atoms. The van der Waals surface area contributed by atoms with Gasteiger partial charge in [0.25, 0.3) is 0 Å². The molecule has 0 saturated carbocycles. The first-order valence-corrected chi connectivity index (χ1v) is 6.08. The fourth-order valence-corrected chi connectivity index (χ4v) is 1.89. The van der Waals surface area contributed by atoms with Crippen LogP contribution >= 0.6 is 15.9 Å². The Kier molecular flexibility index (Phi) is 3.91.